The van der Waals surface area contributed by atoms with Crippen molar-refractivity contribution < 1.29 is 9.32 Å². The number of nitrogens with one attached hydrogen (secondary N) is 1. The molecule has 1 amide bonds. The lowest BCUT2D eigenvalue weighted by Crippen LogP contribution is -2.47. The Kier molecular flexibility index (Phi) is 4.69. The molecule has 2 aromatic heterocycles. The zero-order valence-corrected chi connectivity index (χ0v) is 15.0. The van der Waals surface area contributed by atoms with Crippen LogP contribution in [0.3, 0.4) is 0 Å². The van der Waals surface area contributed by atoms with Gasteiger partial charge in [-0.2, -0.15) is 0 Å². The number of para-hydroxylation sites is 1. The minimum absolute atomic E-state index is 0.316. The van der Waals surface area contributed by atoms with E-state index >= 15 is 0 Å². The minimum Gasteiger partial charge on any atom is -0.368 e. The first-order chi connectivity index (χ1) is 13.2. The molecule has 8 nitrogen and oxygen atoms in total. The average Bonchev–Trinajstić information content (AvgIpc) is 3.13. The maximum Gasteiger partial charge on any atom is 0.260 e. The summed E-state index contributed by atoms with van der Waals surface area (Å²) in [4.78, 5) is 25.4. The molecule has 138 valence electrons. The average molecular weight is 364 g/mol. The lowest BCUT2D eigenvalue weighted by molar-refractivity contribution is 0.102. The molecule has 3 heterocycles. The first kappa shape index (κ1) is 17.0. The molecule has 1 saturated heterocycles. The summed E-state index contributed by atoms with van der Waals surface area (Å²) < 4.78 is 4.93. The quantitative estimate of drug-likeness (QED) is 0.760. The van der Waals surface area contributed by atoms with Crippen LogP contribution in [0.2, 0.25) is 0 Å². The Hall–Kier alpha value is -3.42. The van der Waals surface area contributed by atoms with Crippen molar-refractivity contribution in [1.29, 1.82) is 0 Å². The van der Waals surface area contributed by atoms with Crippen LogP contribution in [0.1, 0.15) is 16.1 Å². The van der Waals surface area contributed by atoms with E-state index in [1.54, 1.807) is 13.0 Å². The molecular formula is C19H20N6O2. The summed E-state index contributed by atoms with van der Waals surface area (Å²) in [7, 11) is 0. The van der Waals surface area contributed by atoms with Gasteiger partial charge in [-0.1, -0.05) is 23.4 Å². The highest BCUT2D eigenvalue weighted by Gasteiger charge is 2.19. The number of amides is 1. The first-order valence-electron chi connectivity index (χ1n) is 8.81. The fraction of sp³-hybridized carbons (Fsp3) is 0.263. The van der Waals surface area contributed by atoms with Crippen molar-refractivity contribution in [3.05, 3.63) is 60.1 Å². The van der Waals surface area contributed by atoms with Crippen molar-refractivity contribution in [3.63, 3.8) is 0 Å². The Bertz CT molecular complexity index is 901. The SMILES string of the molecule is Cc1cc(NC(=O)c2cnc(N3CCN(c4ccccc4)CC3)nc2)no1. The smallest absolute Gasteiger partial charge is 0.260 e. The van der Waals surface area contributed by atoms with E-state index in [1.807, 2.05) is 6.07 Å². The van der Waals surface area contributed by atoms with E-state index in [0.717, 1.165) is 26.2 Å². The second-order valence-electron chi connectivity index (χ2n) is 6.36. The predicted octanol–water partition coefficient (Wildman–Crippen LogP) is 2.35. The summed E-state index contributed by atoms with van der Waals surface area (Å²) in [5, 5.41) is 6.40. The van der Waals surface area contributed by atoms with Crippen LogP contribution in [0.5, 0.6) is 0 Å². The van der Waals surface area contributed by atoms with Gasteiger partial charge in [-0.15, -0.1) is 0 Å². The van der Waals surface area contributed by atoms with Crippen molar-refractivity contribution in [3.8, 4) is 0 Å². The van der Waals surface area contributed by atoms with E-state index in [2.05, 4.69) is 54.5 Å². The summed E-state index contributed by atoms with van der Waals surface area (Å²) in [6, 6.07) is 12.0. The van der Waals surface area contributed by atoms with Crippen molar-refractivity contribution >= 4 is 23.4 Å². The normalized spacial score (nSPS) is 14.3. The van der Waals surface area contributed by atoms with Crippen LogP contribution in [0, 0.1) is 6.92 Å². The van der Waals surface area contributed by atoms with E-state index < -0.39 is 0 Å². The number of aromatic nitrogens is 3. The predicted molar refractivity (Wildman–Crippen MR) is 102 cm³/mol. The topological polar surface area (TPSA) is 87.4 Å². The molecule has 4 rings (SSSR count). The van der Waals surface area contributed by atoms with E-state index in [9.17, 15) is 4.79 Å². The van der Waals surface area contributed by atoms with Crippen LogP contribution in [-0.4, -0.2) is 47.2 Å². The molecule has 8 heteroatoms. The number of carbonyl (C=O) groups is 1. The van der Waals surface area contributed by atoms with Crippen LogP contribution in [0.25, 0.3) is 0 Å². The van der Waals surface area contributed by atoms with Crippen LogP contribution >= 0.6 is 0 Å². The van der Waals surface area contributed by atoms with Gasteiger partial charge in [0.25, 0.3) is 5.91 Å². The molecule has 0 saturated carbocycles. The molecule has 1 aliphatic heterocycles. The second-order valence-corrected chi connectivity index (χ2v) is 6.36. The number of hydrogen-bond acceptors (Lipinski definition) is 7. The number of rotatable bonds is 4. The highest BCUT2D eigenvalue weighted by atomic mass is 16.5. The number of piperazine rings is 1. The fourth-order valence-corrected chi connectivity index (χ4v) is 3.02. The monoisotopic (exact) mass is 364 g/mol. The molecule has 27 heavy (non-hydrogen) atoms. The van der Waals surface area contributed by atoms with Gasteiger partial charge in [0.2, 0.25) is 5.95 Å². The minimum atomic E-state index is -0.316. The van der Waals surface area contributed by atoms with Crippen molar-refractivity contribution in [1.82, 2.24) is 15.1 Å². The van der Waals surface area contributed by atoms with Gasteiger partial charge in [-0.3, -0.25) is 4.79 Å². The molecular weight excluding hydrogens is 344 g/mol. The summed E-state index contributed by atoms with van der Waals surface area (Å²) in [5.41, 5.74) is 1.61. The summed E-state index contributed by atoms with van der Waals surface area (Å²) in [6.45, 7) is 5.23. The van der Waals surface area contributed by atoms with E-state index in [4.69, 9.17) is 4.52 Å². The van der Waals surface area contributed by atoms with Gasteiger partial charge >= 0.3 is 0 Å². The van der Waals surface area contributed by atoms with E-state index in [-0.39, 0.29) is 5.91 Å². The molecule has 1 fully saturated rings. The van der Waals surface area contributed by atoms with Gasteiger partial charge in [-0.25, -0.2) is 9.97 Å². The molecule has 0 bridgehead atoms. The van der Waals surface area contributed by atoms with Gasteiger partial charge in [0, 0.05) is 50.3 Å². The van der Waals surface area contributed by atoms with Gasteiger partial charge in [0.15, 0.2) is 5.82 Å². The number of anilines is 3. The fourth-order valence-electron chi connectivity index (χ4n) is 3.02. The number of nitrogens with zero attached hydrogens (tertiary/aromatic N) is 5. The molecule has 1 N–H and O–H groups in total. The molecule has 1 aromatic carbocycles. The van der Waals surface area contributed by atoms with Crippen LogP contribution in [0.15, 0.2) is 53.3 Å². The van der Waals surface area contributed by atoms with Crippen molar-refractivity contribution in [2.45, 2.75) is 6.92 Å². The third-order valence-electron chi connectivity index (χ3n) is 4.45. The maximum absolute atomic E-state index is 12.2. The van der Waals surface area contributed by atoms with Crippen molar-refractivity contribution in [2.24, 2.45) is 0 Å². The molecule has 3 aromatic rings. The van der Waals surface area contributed by atoms with Gasteiger partial charge in [0.1, 0.15) is 5.76 Å². The van der Waals surface area contributed by atoms with Gasteiger partial charge in [-0.05, 0) is 19.1 Å². The summed E-state index contributed by atoms with van der Waals surface area (Å²) in [6.07, 6.45) is 3.07. The number of carbonyl (C=O) groups excluding carboxylic acids is 1. The summed E-state index contributed by atoms with van der Waals surface area (Å²) >= 11 is 0. The molecule has 0 atom stereocenters. The Morgan fingerprint density at radius 1 is 1.04 bits per heavy atom. The number of aryl methyl sites for hydroxylation is 1. The van der Waals surface area contributed by atoms with Gasteiger partial charge in [0.05, 0.1) is 5.56 Å². The largest absolute Gasteiger partial charge is 0.368 e. The van der Waals surface area contributed by atoms with Gasteiger partial charge < -0.3 is 19.6 Å². The highest BCUT2D eigenvalue weighted by molar-refractivity contribution is 6.03. The lowest BCUT2D eigenvalue weighted by atomic mass is 10.2. The Morgan fingerprint density at radius 2 is 1.70 bits per heavy atom. The second kappa shape index (κ2) is 7.45. The molecule has 0 unspecified atom stereocenters. The summed E-state index contributed by atoms with van der Waals surface area (Å²) in [5.74, 6) is 1.32. The Morgan fingerprint density at radius 3 is 2.33 bits per heavy atom. The molecule has 0 radical (unpaired) electrons. The highest BCUT2D eigenvalue weighted by Crippen LogP contribution is 2.18. The van der Waals surface area contributed by atoms with Crippen LogP contribution in [-0.2, 0) is 0 Å². The van der Waals surface area contributed by atoms with E-state index in [0.29, 0.717) is 23.1 Å². The third-order valence-corrected chi connectivity index (χ3v) is 4.45. The van der Waals surface area contributed by atoms with Crippen LogP contribution < -0.4 is 15.1 Å². The zero-order chi connectivity index (χ0) is 18.6. The van der Waals surface area contributed by atoms with Crippen molar-refractivity contribution in [2.75, 3.05) is 41.3 Å². The number of benzene rings is 1. The molecule has 1 aliphatic rings. The van der Waals surface area contributed by atoms with Crippen LogP contribution in [0.4, 0.5) is 17.5 Å². The Labute approximate surface area is 156 Å². The first-order valence-corrected chi connectivity index (χ1v) is 8.81. The molecule has 0 spiro atoms. The van der Waals surface area contributed by atoms with E-state index in [1.165, 1.54) is 18.1 Å². The standard InChI is InChI=1S/C19H20N6O2/c1-14-11-17(23-27-14)22-18(26)15-12-20-19(21-13-15)25-9-7-24(8-10-25)16-5-3-2-4-6-16/h2-6,11-13H,7-10H2,1H3,(H,22,23,26). The third kappa shape index (κ3) is 3.89. The maximum atomic E-state index is 12.2. The zero-order valence-electron chi connectivity index (χ0n) is 15.0. The number of hydrogen-bond donors (Lipinski definition) is 1. The Balaban J connectivity index is 1.36. The molecule has 0 aliphatic carbocycles. The lowest BCUT2D eigenvalue weighted by Gasteiger charge is -2.36.